The Morgan fingerprint density at radius 1 is 0.900 bits per heavy atom. The van der Waals surface area contributed by atoms with Gasteiger partial charge in [-0.15, -0.1) is 0 Å². The summed E-state index contributed by atoms with van der Waals surface area (Å²) in [5.41, 5.74) is 9.04. The van der Waals surface area contributed by atoms with Gasteiger partial charge in [0.2, 0.25) is 11.8 Å². The molecule has 2 aromatic rings. The van der Waals surface area contributed by atoms with E-state index in [1.165, 1.54) is 0 Å². The van der Waals surface area contributed by atoms with Crippen molar-refractivity contribution in [1.82, 2.24) is 4.90 Å². The van der Waals surface area contributed by atoms with Gasteiger partial charge in [0.1, 0.15) is 0 Å². The van der Waals surface area contributed by atoms with Crippen molar-refractivity contribution in [2.75, 3.05) is 42.5 Å². The van der Waals surface area contributed by atoms with Gasteiger partial charge in [-0.3, -0.25) is 14.4 Å². The molecule has 2 heterocycles. The summed E-state index contributed by atoms with van der Waals surface area (Å²) < 4.78 is 0. The van der Waals surface area contributed by atoms with Crippen molar-refractivity contribution < 1.29 is 14.4 Å². The molecule has 2 aromatic carbocycles. The Labute approximate surface area is 176 Å². The van der Waals surface area contributed by atoms with E-state index in [1.54, 1.807) is 4.90 Å². The average Bonchev–Trinajstić information content (AvgIpc) is 3.16. The van der Waals surface area contributed by atoms with Gasteiger partial charge < -0.3 is 20.4 Å². The highest BCUT2D eigenvalue weighted by atomic mass is 16.2. The fourth-order valence-corrected chi connectivity index (χ4v) is 4.04. The van der Waals surface area contributed by atoms with E-state index in [0.29, 0.717) is 19.6 Å². The van der Waals surface area contributed by atoms with Crippen LogP contribution in [0.25, 0.3) is 0 Å². The van der Waals surface area contributed by atoms with Gasteiger partial charge in [0, 0.05) is 56.1 Å². The number of nitrogens with two attached hydrogens (primary N) is 1. The number of aryl methyl sites for hydroxylation is 1. The molecule has 156 valence electrons. The van der Waals surface area contributed by atoms with Gasteiger partial charge in [-0.1, -0.05) is 17.7 Å². The second kappa shape index (κ2) is 8.18. The van der Waals surface area contributed by atoms with E-state index < -0.39 is 11.8 Å². The molecule has 7 heteroatoms. The molecule has 2 saturated heterocycles. The minimum atomic E-state index is -0.430. The number of benzene rings is 2. The van der Waals surface area contributed by atoms with Crippen molar-refractivity contribution in [2.45, 2.75) is 13.3 Å². The zero-order chi connectivity index (χ0) is 21.3. The summed E-state index contributed by atoms with van der Waals surface area (Å²) in [7, 11) is 0. The van der Waals surface area contributed by atoms with Crippen LogP contribution in [0.15, 0.2) is 48.5 Å². The molecule has 7 nitrogen and oxygen atoms in total. The predicted molar refractivity (Wildman–Crippen MR) is 115 cm³/mol. The van der Waals surface area contributed by atoms with Crippen molar-refractivity contribution in [3.05, 3.63) is 59.7 Å². The predicted octanol–water partition coefficient (Wildman–Crippen LogP) is 1.80. The first-order valence-corrected chi connectivity index (χ1v) is 10.2. The third-order valence-electron chi connectivity index (χ3n) is 5.92. The van der Waals surface area contributed by atoms with Gasteiger partial charge in [-0.05, 0) is 43.3 Å². The number of nitrogens with zero attached hydrogens (tertiary/aromatic N) is 3. The zero-order valence-electron chi connectivity index (χ0n) is 17.1. The molecule has 2 N–H and O–H groups in total. The fraction of sp³-hybridized carbons (Fsp3) is 0.348. The number of hydrogen-bond acceptors (Lipinski definition) is 4. The Bertz CT molecular complexity index is 947. The molecular weight excluding hydrogens is 380 g/mol. The number of piperazine rings is 1. The SMILES string of the molecule is Cc1ccc(C(=O)N2CCN(c3ccc(N4CC(C(N)=O)CC4=O)cc3)CC2)cc1. The Balaban J connectivity index is 1.36. The van der Waals surface area contributed by atoms with Crippen molar-refractivity contribution >= 4 is 29.1 Å². The molecule has 2 aliphatic rings. The quantitative estimate of drug-likeness (QED) is 0.839. The van der Waals surface area contributed by atoms with Crippen LogP contribution in [0, 0.1) is 12.8 Å². The molecule has 0 aliphatic carbocycles. The van der Waals surface area contributed by atoms with Crippen LogP contribution >= 0.6 is 0 Å². The molecule has 0 radical (unpaired) electrons. The van der Waals surface area contributed by atoms with Gasteiger partial charge in [0.25, 0.3) is 5.91 Å². The summed E-state index contributed by atoms with van der Waals surface area (Å²) in [6.07, 6.45) is 0.175. The maximum atomic E-state index is 12.7. The van der Waals surface area contributed by atoms with Gasteiger partial charge >= 0.3 is 0 Å². The first-order valence-electron chi connectivity index (χ1n) is 10.2. The van der Waals surface area contributed by atoms with Crippen LogP contribution in [0.2, 0.25) is 0 Å². The van der Waals surface area contributed by atoms with E-state index in [2.05, 4.69) is 4.90 Å². The Morgan fingerprint density at radius 3 is 2.07 bits per heavy atom. The highest BCUT2D eigenvalue weighted by Crippen LogP contribution is 2.27. The van der Waals surface area contributed by atoms with Gasteiger partial charge in [-0.25, -0.2) is 0 Å². The summed E-state index contributed by atoms with van der Waals surface area (Å²) in [5, 5.41) is 0. The molecule has 2 fully saturated rings. The molecule has 30 heavy (non-hydrogen) atoms. The van der Waals surface area contributed by atoms with E-state index in [0.717, 1.165) is 35.6 Å². The molecule has 0 bridgehead atoms. The van der Waals surface area contributed by atoms with E-state index in [4.69, 9.17) is 5.73 Å². The Hall–Kier alpha value is -3.35. The van der Waals surface area contributed by atoms with Crippen LogP contribution in [-0.4, -0.2) is 55.3 Å². The van der Waals surface area contributed by atoms with Crippen LogP contribution in [0.5, 0.6) is 0 Å². The smallest absolute Gasteiger partial charge is 0.253 e. The summed E-state index contributed by atoms with van der Waals surface area (Å²) in [4.78, 5) is 42.0. The summed E-state index contributed by atoms with van der Waals surface area (Å²) in [6, 6.07) is 15.5. The molecule has 0 aromatic heterocycles. The number of carbonyl (C=O) groups is 3. The highest BCUT2D eigenvalue weighted by Gasteiger charge is 2.34. The number of anilines is 2. The monoisotopic (exact) mass is 406 g/mol. The Kier molecular flexibility index (Phi) is 5.44. The van der Waals surface area contributed by atoms with Gasteiger partial charge in [0.05, 0.1) is 5.92 Å². The Morgan fingerprint density at radius 2 is 1.50 bits per heavy atom. The minimum Gasteiger partial charge on any atom is -0.369 e. The topological polar surface area (TPSA) is 86.9 Å². The first-order chi connectivity index (χ1) is 14.4. The molecule has 3 amide bonds. The molecule has 0 saturated carbocycles. The molecule has 1 atom stereocenters. The normalized spacial score (nSPS) is 19.3. The number of carbonyl (C=O) groups excluding carboxylic acids is 3. The number of amides is 3. The van der Waals surface area contributed by atoms with Crippen LogP contribution in [0.3, 0.4) is 0 Å². The van der Waals surface area contributed by atoms with Crippen molar-refractivity contribution in [1.29, 1.82) is 0 Å². The number of hydrogen-bond donors (Lipinski definition) is 1. The molecule has 0 spiro atoms. The van der Waals surface area contributed by atoms with Crippen LogP contribution < -0.4 is 15.5 Å². The lowest BCUT2D eigenvalue weighted by Crippen LogP contribution is -2.48. The average molecular weight is 406 g/mol. The van der Waals surface area contributed by atoms with Gasteiger partial charge in [-0.2, -0.15) is 0 Å². The lowest BCUT2D eigenvalue weighted by atomic mass is 10.1. The van der Waals surface area contributed by atoms with Crippen molar-refractivity contribution in [2.24, 2.45) is 11.7 Å². The van der Waals surface area contributed by atoms with Crippen LogP contribution in [0.1, 0.15) is 22.3 Å². The molecule has 2 aliphatic heterocycles. The summed E-state index contributed by atoms with van der Waals surface area (Å²) in [5.74, 6) is -0.854. The fourth-order valence-electron chi connectivity index (χ4n) is 4.04. The highest BCUT2D eigenvalue weighted by molar-refractivity contribution is 6.00. The lowest BCUT2D eigenvalue weighted by molar-refractivity contribution is -0.123. The zero-order valence-corrected chi connectivity index (χ0v) is 17.1. The summed E-state index contributed by atoms with van der Waals surface area (Å²) >= 11 is 0. The van der Waals surface area contributed by atoms with Crippen molar-refractivity contribution in [3.8, 4) is 0 Å². The van der Waals surface area contributed by atoms with E-state index in [-0.39, 0.29) is 18.2 Å². The second-order valence-electron chi connectivity index (χ2n) is 7.97. The largest absolute Gasteiger partial charge is 0.369 e. The third-order valence-corrected chi connectivity index (χ3v) is 5.92. The number of primary amides is 1. The van der Waals surface area contributed by atoms with E-state index in [9.17, 15) is 14.4 Å². The maximum absolute atomic E-state index is 12.7. The van der Waals surface area contributed by atoms with Crippen LogP contribution in [0.4, 0.5) is 11.4 Å². The summed E-state index contributed by atoms with van der Waals surface area (Å²) in [6.45, 7) is 5.19. The van der Waals surface area contributed by atoms with Gasteiger partial charge in [0.15, 0.2) is 0 Å². The third kappa shape index (κ3) is 4.01. The lowest BCUT2D eigenvalue weighted by Gasteiger charge is -2.36. The molecule has 4 rings (SSSR count). The second-order valence-corrected chi connectivity index (χ2v) is 7.97. The number of rotatable bonds is 4. The van der Waals surface area contributed by atoms with E-state index in [1.807, 2.05) is 60.4 Å². The first kappa shape index (κ1) is 19.9. The molecule has 1 unspecified atom stereocenters. The maximum Gasteiger partial charge on any atom is 0.253 e. The molecular formula is C23H26N4O3. The van der Waals surface area contributed by atoms with Crippen LogP contribution in [-0.2, 0) is 9.59 Å². The minimum absolute atomic E-state index is 0.0709. The van der Waals surface area contributed by atoms with Crippen molar-refractivity contribution in [3.63, 3.8) is 0 Å². The standard InChI is InChI=1S/C23H26N4O3/c1-16-2-4-17(5-3-16)23(30)26-12-10-25(11-13-26)19-6-8-20(9-7-19)27-15-18(22(24)29)14-21(27)28/h2-9,18H,10-15H2,1H3,(H2,24,29). The van der Waals surface area contributed by atoms with E-state index >= 15 is 0 Å².